The van der Waals surface area contributed by atoms with Gasteiger partial charge in [-0.2, -0.15) is 4.02 Å². The Morgan fingerprint density at radius 3 is 2.22 bits per heavy atom. The topological polar surface area (TPSA) is 77.5 Å². The molecule has 2 aromatic rings. The van der Waals surface area contributed by atoms with Crippen LogP contribution in [0.3, 0.4) is 0 Å². The Morgan fingerprint density at radius 1 is 1.08 bits per heavy atom. The van der Waals surface area contributed by atoms with Gasteiger partial charge in [-0.3, -0.25) is 9.59 Å². The number of methoxy groups -OCH3 is 1. The van der Waals surface area contributed by atoms with Crippen LogP contribution in [0.5, 0.6) is 5.75 Å². The van der Waals surface area contributed by atoms with Crippen molar-refractivity contribution in [1.82, 2.24) is 10.2 Å². The predicted octanol–water partition coefficient (Wildman–Crippen LogP) is 4.24. The van der Waals surface area contributed by atoms with Crippen LogP contribution in [0.15, 0.2) is 28.3 Å². The van der Waals surface area contributed by atoms with Crippen LogP contribution in [0, 0.1) is 0 Å². The van der Waals surface area contributed by atoms with Crippen molar-refractivity contribution in [3.63, 3.8) is 0 Å². The lowest BCUT2D eigenvalue weighted by Crippen LogP contribution is -2.31. The Bertz CT molecular complexity index is 1210. The lowest BCUT2D eigenvalue weighted by molar-refractivity contribution is 0.0955. The van der Waals surface area contributed by atoms with Gasteiger partial charge >= 0.3 is 0 Å². The Morgan fingerprint density at radius 2 is 1.72 bits per heavy atom. The van der Waals surface area contributed by atoms with Gasteiger partial charge in [0.15, 0.2) is 5.78 Å². The molecule has 1 aliphatic rings. The molecule has 0 spiro atoms. The van der Waals surface area contributed by atoms with Crippen LogP contribution in [0.2, 0.25) is 0 Å². The van der Waals surface area contributed by atoms with Crippen LogP contribution in [-0.4, -0.2) is 71.3 Å². The monoisotopic (exact) mass is 557 g/mol. The van der Waals surface area contributed by atoms with Crippen LogP contribution < -0.4 is 19.9 Å². The van der Waals surface area contributed by atoms with Gasteiger partial charge in [0.2, 0.25) is 0 Å². The molecule has 0 fully saturated rings. The standard InChI is InChI=1S/C27H36BrN5O3/c1-27(2,3)20-10-16(11-22(32(7)8)24(20)36-9)23(34)15-33-14-17-12-21(31(5)6)19(26(35)29-4)13-18(17)25(33)30-28/h10-13H,14-15H2,1-9H3,(H,29,35)/b30-25-. The minimum Gasteiger partial charge on any atom is -0.494 e. The van der Waals surface area contributed by atoms with Crippen molar-refractivity contribution in [2.75, 3.05) is 58.7 Å². The number of amides is 1. The maximum Gasteiger partial charge on any atom is 0.253 e. The van der Waals surface area contributed by atoms with Crippen molar-refractivity contribution >= 4 is 45.0 Å². The normalized spacial score (nSPS) is 14.1. The zero-order valence-electron chi connectivity index (χ0n) is 22.6. The molecule has 9 heteroatoms. The van der Waals surface area contributed by atoms with E-state index < -0.39 is 0 Å². The first kappa shape index (κ1) is 27.5. The number of amidine groups is 1. The number of benzene rings is 2. The quantitative estimate of drug-likeness (QED) is 0.513. The van der Waals surface area contributed by atoms with E-state index in [1.807, 2.05) is 67.2 Å². The van der Waals surface area contributed by atoms with Gasteiger partial charge in [-0.15, -0.1) is 0 Å². The van der Waals surface area contributed by atoms with Crippen molar-refractivity contribution in [1.29, 1.82) is 0 Å². The number of hydrogen-bond acceptors (Lipinski definition) is 6. The second-order valence-corrected chi connectivity index (χ2v) is 10.8. The summed E-state index contributed by atoms with van der Waals surface area (Å²) in [5.41, 5.74) is 5.47. The number of carbonyl (C=O) groups excluding carboxylic acids is 2. The first-order valence-electron chi connectivity index (χ1n) is 11.8. The van der Waals surface area contributed by atoms with Crippen molar-refractivity contribution in [2.24, 2.45) is 4.02 Å². The molecular weight excluding hydrogens is 522 g/mol. The van der Waals surface area contributed by atoms with Crippen molar-refractivity contribution in [3.05, 3.63) is 52.1 Å². The number of nitrogens with zero attached hydrogens (tertiary/aromatic N) is 4. The molecule has 1 heterocycles. The average Bonchev–Trinajstić information content (AvgIpc) is 3.16. The molecule has 0 bridgehead atoms. The molecule has 0 radical (unpaired) electrons. The van der Waals surface area contributed by atoms with E-state index >= 15 is 0 Å². The molecule has 0 saturated heterocycles. The number of Topliss-reactive ketones (excluding diaryl/α,β-unsaturated/α-hetero) is 1. The lowest BCUT2D eigenvalue weighted by Gasteiger charge is -2.27. The summed E-state index contributed by atoms with van der Waals surface area (Å²) in [6.07, 6.45) is 0. The van der Waals surface area contributed by atoms with Crippen molar-refractivity contribution in [3.8, 4) is 5.75 Å². The molecule has 2 aromatic carbocycles. The van der Waals surface area contributed by atoms with E-state index in [0.717, 1.165) is 33.8 Å². The van der Waals surface area contributed by atoms with Crippen molar-refractivity contribution in [2.45, 2.75) is 32.7 Å². The number of fused-ring (bicyclic) bond motifs is 1. The number of anilines is 2. The highest BCUT2D eigenvalue weighted by Gasteiger charge is 2.31. The fraction of sp³-hybridized carbons (Fsp3) is 0.444. The second kappa shape index (κ2) is 10.5. The SMILES string of the molecule is CNC(=O)c1cc2c(cc1N(C)C)CN(CC(=O)c1cc(N(C)C)c(OC)c(C(C)(C)C)c1)/C2=N\Br. The predicted molar refractivity (Wildman–Crippen MR) is 150 cm³/mol. The first-order valence-corrected chi connectivity index (χ1v) is 12.5. The molecule has 36 heavy (non-hydrogen) atoms. The third-order valence-corrected chi connectivity index (χ3v) is 6.71. The zero-order valence-corrected chi connectivity index (χ0v) is 24.2. The fourth-order valence-corrected chi connectivity index (χ4v) is 4.90. The van der Waals surface area contributed by atoms with E-state index in [4.69, 9.17) is 4.74 Å². The third kappa shape index (κ3) is 5.21. The van der Waals surface area contributed by atoms with Crippen LogP contribution in [-0.2, 0) is 12.0 Å². The number of halogens is 1. The van der Waals surface area contributed by atoms with E-state index in [-0.39, 0.29) is 23.7 Å². The highest BCUT2D eigenvalue weighted by molar-refractivity contribution is 9.08. The van der Waals surface area contributed by atoms with E-state index in [0.29, 0.717) is 23.5 Å². The number of nitrogens with one attached hydrogen (secondary N) is 1. The maximum absolute atomic E-state index is 13.6. The summed E-state index contributed by atoms with van der Waals surface area (Å²) in [6.45, 7) is 6.99. The fourth-order valence-electron chi connectivity index (χ4n) is 4.48. The maximum atomic E-state index is 13.6. The van der Waals surface area contributed by atoms with Gasteiger partial charge in [-0.05, 0) is 35.2 Å². The van der Waals surface area contributed by atoms with Gasteiger partial charge in [0.25, 0.3) is 5.91 Å². The summed E-state index contributed by atoms with van der Waals surface area (Å²) in [6, 6.07) is 7.68. The Labute approximate surface area is 222 Å². The first-order chi connectivity index (χ1) is 16.8. The molecule has 0 atom stereocenters. The average molecular weight is 559 g/mol. The highest BCUT2D eigenvalue weighted by Crippen LogP contribution is 2.40. The van der Waals surface area contributed by atoms with E-state index in [2.05, 4.69) is 46.3 Å². The number of ketones is 1. The van der Waals surface area contributed by atoms with Crippen LogP contribution >= 0.6 is 16.1 Å². The Kier molecular flexibility index (Phi) is 8.03. The summed E-state index contributed by atoms with van der Waals surface area (Å²) < 4.78 is 10.1. The third-order valence-electron chi connectivity index (χ3n) is 6.38. The van der Waals surface area contributed by atoms with E-state index in [1.165, 1.54) is 0 Å². The molecule has 0 aromatic heterocycles. The summed E-state index contributed by atoms with van der Waals surface area (Å²) in [5, 5.41) is 2.71. The van der Waals surface area contributed by atoms with E-state index in [9.17, 15) is 9.59 Å². The number of carbonyl (C=O) groups is 2. The van der Waals surface area contributed by atoms with Gasteiger partial charge in [0.1, 0.15) is 11.6 Å². The molecule has 1 amide bonds. The minimum absolute atomic E-state index is 0.0212. The summed E-state index contributed by atoms with van der Waals surface area (Å²) in [4.78, 5) is 32.0. The molecule has 3 rings (SSSR count). The lowest BCUT2D eigenvalue weighted by atomic mass is 9.84. The van der Waals surface area contributed by atoms with Gasteiger partial charge in [0, 0.05) is 64.2 Å². The number of ether oxygens (including phenoxy) is 1. The van der Waals surface area contributed by atoms with Gasteiger partial charge in [-0.1, -0.05) is 20.8 Å². The van der Waals surface area contributed by atoms with Gasteiger partial charge in [0.05, 0.1) is 41.1 Å². The smallest absolute Gasteiger partial charge is 0.253 e. The van der Waals surface area contributed by atoms with Crippen LogP contribution in [0.25, 0.3) is 0 Å². The molecule has 194 valence electrons. The van der Waals surface area contributed by atoms with Crippen molar-refractivity contribution < 1.29 is 14.3 Å². The molecule has 1 aliphatic heterocycles. The van der Waals surface area contributed by atoms with Gasteiger partial charge < -0.3 is 24.8 Å². The summed E-state index contributed by atoms with van der Waals surface area (Å²) >= 11 is 3.25. The molecule has 0 unspecified atom stereocenters. The zero-order chi connectivity index (χ0) is 26.9. The molecule has 1 N–H and O–H groups in total. The molecule has 8 nitrogen and oxygen atoms in total. The number of hydrogen-bond donors (Lipinski definition) is 1. The van der Waals surface area contributed by atoms with Crippen LogP contribution in [0.4, 0.5) is 11.4 Å². The Balaban J connectivity index is 2.01. The van der Waals surface area contributed by atoms with E-state index in [1.54, 1.807) is 14.2 Å². The van der Waals surface area contributed by atoms with Gasteiger partial charge in [-0.25, -0.2) is 0 Å². The largest absolute Gasteiger partial charge is 0.494 e. The Hall–Kier alpha value is -3.07. The molecule has 0 saturated carbocycles. The summed E-state index contributed by atoms with van der Waals surface area (Å²) in [5.74, 6) is 1.21. The molecule has 0 aliphatic carbocycles. The summed E-state index contributed by atoms with van der Waals surface area (Å²) in [7, 11) is 11.0. The minimum atomic E-state index is -0.211. The second-order valence-electron chi connectivity index (χ2n) is 10.4. The highest BCUT2D eigenvalue weighted by atomic mass is 79.9. The van der Waals surface area contributed by atoms with Crippen LogP contribution in [0.1, 0.15) is 58.2 Å². The molecular formula is C27H36BrN5O3. The number of rotatable bonds is 7.